The van der Waals surface area contributed by atoms with Crippen molar-refractivity contribution in [3.8, 4) is 0 Å². The molecule has 6 heteroatoms. The molecule has 2 rings (SSSR count). The van der Waals surface area contributed by atoms with Gasteiger partial charge in [-0.15, -0.1) is 0 Å². The molecular formula is C20H39N5O. The van der Waals surface area contributed by atoms with E-state index in [1.54, 1.807) is 0 Å². The third kappa shape index (κ3) is 6.45. The van der Waals surface area contributed by atoms with E-state index < -0.39 is 0 Å². The topological polar surface area (TPSA) is 82.8 Å². The van der Waals surface area contributed by atoms with Crippen LogP contribution in [0.1, 0.15) is 64.7 Å². The highest BCUT2D eigenvalue weighted by Gasteiger charge is 2.31. The minimum absolute atomic E-state index is 0.0913. The van der Waals surface area contributed by atoms with Crippen LogP contribution in [0.5, 0.6) is 0 Å². The second-order valence-corrected chi connectivity index (χ2v) is 8.14. The highest BCUT2D eigenvalue weighted by Crippen LogP contribution is 2.40. The SMILES string of the molecule is CCC1(CNC(=NC)NCCCCN2CCC(C(N)=O)CC2)CCCC1. The first kappa shape index (κ1) is 21.0. The van der Waals surface area contributed by atoms with Crippen molar-refractivity contribution in [3.05, 3.63) is 0 Å². The molecule has 1 aliphatic heterocycles. The lowest BCUT2D eigenvalue weighted by molar-refractivity contribution is -0.123. The third-order valence-corrected chi connectivity index (χ3v) is 6.45. The van der Waals surface area contributed by atoms with Crippen molar-refractivity contribution >= 4 is 11.9 Å². The molecule has 6 nitrogen and oxygen atoms in total. The van der Waals surface area contributed by atoms with Crippen LogP contribution in [-0.2, 0) is 4.79 Å². The summed E-state index contributed by atoms with van der Waals surface area (Å²) in [5, 5.41) is 7.00. The van der Waals surface area contributed by atoms with Crippen LogP contribution in [0.3, 0.4) is 0 Å². The van der Waals surface area contributed by atoms with Crippen LogP contribution in [0.2, 0.25) is 0 Å². The molecule has 1 saturated heterocycles. The molecule has 0 aromatic rings. The second kappa shape index (κ2) is 10.8. The fourth-order valence-corrected chi connectivity index (χ4v) is 4.38. The van der Waals surface area contributed by atoms with E-state index in [4.69, 9.17) is 5.73 Å². The van der Waals surface area contributed by atoms with Gasteiger partial charge in [-0.05, 0) is 70.0 Å². The van der Waals surface area contributed by atoms with Crippen LogP contribution in [0.25, 0.3) is 0 Å². The molecule has 0 aromatic carbocycles. The Kier molecular flexibility index (Phi) is 8.69. The van der Waals surface area contributed by atoms with E-state index in [0.717, 1.165) is 57.9 Å². The number of hydrogen-bond acceptors (Lipinski definition) is 3. The monoisotopic (exact) mass is 365 g/mol. The Morgan fingerprint density at radius 1 is 1.19 bits per heavy atom. The molecule has 4 N–H and O–H groups in total. The number of unbranched alkanes of at least 4 members (excludes halogenated alkanes) is 1. The predicted molar refractivity (Wildman–Crippen MR) is 108 cm³/mol. The molecule has 0 atom stereocenters. The summed E-state index contributed by atoms with van der Waals surface area (Å²) in [7, 11) is 1.85. The quantitative estimate of drug-likeness (QED) is 0.332. The number of amides is 1. The standard InChI is InChI=1S/C20H39N5O/c1-3-20(10-4-5-11-20)16-24-19(22-2)23-12-6-7-13-25-14-8-17(9-15-25)18(21)26/h17H,3-16H2,1-2H3,(H2,21,26)(H2,22,23,24). The molecule has 26 heavy (non-hydrogen) atoms. The maximum Gasteiger partial charge on any atom is 0.220 e. The van der Waals surface area contributed by atoms with Crippen molar-refractivity contribution in [2.75, 3.05) is 39.8 Å². The van der Waals surface area contributed by atoms with Crippen molar-refractivity contribution < 1.29 is 4.79 Å². The smallest absolute Gasteiger partial charge is 0.220 e. The lowest BCUT2D eigenvalue weighted by Gasteiger charge is -2.30. The van der Waals surface area contributed by atoms with E-state index in [9.17, 15) is 4.79 Å². The Bertz CT molecular complexity index is 451. The van der Waals surface area contributed by atoms with E-state index in [2.05, 4.69) is 27.4 Å². The first-order valence-corrected chi connectivity index (χ1v) is 10.5. The van der Waals surface area contributed by atoms with Crippen molar-refractivity contribution in [1.82, 2.24) is 15.5 Å². The fourth-order valence-electron chi connectivity index (χ4n) is 4.38. The van der Waals surface area contributed by atoms with Crippen LogP contribution in [0.15, 0.2) is 4.99 Å². The van der Waals surface area contributed by atoms with E-state index in [-0.39, 0.29) is 11.8 Å². The molecule has 150 valence electrons. The first-order chi connectivity index (χ1) is 12.6. The summed E-state index contributed by atoms with van der Waals surface area (Å²) >= 11 is 0. The Hall–Kier alpha value is -1.30. The third-order valence-electron chi connectivity index (χ3n) is 6.45. The molecule has 0 spiro atoms. The molecule has 1 amide bonds. The summed E-state index contributed by atoms with van der Waals surface area (Å²) in [4.78, 5) is 18.0. The Morgan fingerprint density at radius 3 is 2.46 bits per heavy atom. The van der Waals surface area contributed by atoms with Crippen LogP contribution >= 0.6 is 0 Å². The zero-order valence-electron chi connectivity index (χ0n) is 16.9. The van der Waals surface area contributed by atoms with Gasteiger partial charge >= 0.3 is 0 Å². The van der Waals surface area contributed by atoms with Gasteiger partial charge in [-0.1, -0.05) is 19.8 Å². The zero-order chi connectivity index (χ0) is 18.8. The lowest BCUT2D eigenvalue weighted by atomic mass is 9.83. The van der Waals surface area contributed by atoms with Crippen LogP contribution in [0, 0.1) is 11.3 Å². The fraction of sp³-hybridized carbons (Fsp3) is 0.900. The van der Waals surface area contributed by atoms with Crippen LogP contribution < -0.4 is 16.4 Å². The highest BCUT2D eigenvalue weighted by atomic mass is 16.1. The minimum atomic E-state index is -0.129. The number of primary amides is 1. The molecule has 2 aliphatic rings. The number of piperidine rings is 1. The zero-order valence-corrected chi connectivity index (χ0v) is 16.9. The lowest BCUT2D eigenvalue weighted by Crippen LogP contribution is -2.43. The van der Waals surface area contributed by atoms with Gasteiger partial charge in [-0.3, -0.25) is 9.79 Å². The molecule has 0 bridgehead atoms. The summed E-state index contributed by atoms with van der Waals surface area (Å²) in [5.74, 6) is 0.899. The average Bonchev–Trinajstić information content (AvgIpc) is 3.14. The number of likely N-dealkylation sites (tertiary alicyclic amines) is 1. The van der Waals surface area contributed by atoms with Gasteiger partial charge in [-0.25, -0.2) is 0 Å². The van der Waals surface area contributed by atoms with Gasteiger partial charge < -0.3 is 21.3 Å². The summed E-state index contributed by atoms with van der Waals surface area (Å²) in [6.45, 7) is 7.43. The molecule has 1 saturated carbocycles. The van der Waals surface area contributed by atoms with Crippen LogP contribution in [0.4, 0.5) is 0 Å². The van der Waals surface area contributed by atoms with E-state index in [1.165, 1.54) is 38.5 Å². The summed E-state index contributed by atoms with van der Waals surface area (Å²) in [6, 6.07) is 0. The summed E-state index contributed by atoms with van der Waals surface area (Å²) in [6.07, 6.45) is 10.8. The largest absolute Gasteiger partial charge is 0.369 e. The molecule has 0 aromatic heterocycles. The van der Waals surface area contributed by atoms with Gasteiger partial charge in [-0.2, -0.15) is 0 Å². The average molecular weight is 366 g/mol. The summed E-state index contributed by atoms with van der Waals surface area (Å²) in [5.41, 5.74) is 5.87. The Balaban J connectivity index is 1.55. The van der Waals surface area contributed by atoms with E-state index in [1.807, 2.05) is 7.05 Å². The van der Waals surface area contributed by atoms with Crippen molar-refractivity contribution in [1.29, 1.82) is 0 Å². The van der Waals surface area contributed by atoms with Gasteiger partial charge in [0.05, 0.1) is 0 Å². The number of carbonyl (C=O) groups is 1. The minimum Gasteiger partial charge on any atom is -0.369 e. The molecule has 2 fully saturated rings. The maximum absolute atomic E-state index is 11.2. The highest BCUT2D eigenvalue weighted by molar-refractivity contribution is 5.79. The van der Waals surface area contributed by atoms with Gasteiger partial charge in [0.15, 0.2) is 5.96 Å². The molecule has 1 heterocycles. The first-order valence-electron chi connectivity index (χ1n) is 10.5. The number of nitrogens with one attached hydrogen (secondary N) is 2. The molecule has 0 unspecified atom stereocenters. The Labute approximate surface area is 159 Å². The molecule has 0 radical (unpaired) electrons. The number of nitrogens with two attached hydrogens (primary N) is 1. The number of nitrogens with zero attached hydrogens (tertiary/aromatic N) is 2. The number of hydrogen-bond donors (Lipinski definition) is 3. The van der Waals surface area contributed by atoms with E-state index >= 15 is 0 Å². The predicted octanol–water partition coefficient (Wildman–Crippen LogP) is 2.10. The Morgan fingerprint density at radius 2 is 1.88 bits per heavy atom. The van der Waals surface area contributed by atoms with Gasteiger partial charge in [0.2, 0.25) is 5.91 Å². The van der Waals surface area contributed by atoms with Crippen LogP contribution in [-0.4, -0.2) is 56.5 Å². The second-order valence-electron chi connectivity index (χ2n) is 8.14. The van der Waals surface area contributed by atoms with Gasteiger partial charge in [0.1, 0.15) is 0 Å². The van der Waals surface area contributed by atoms with Crippen molar-refractivity contribution in [2.45, 2.75) is 64.7 Å². The number of aliphatic imine (C=N–C) groups is 1. The maximum atomic E-state index is 11.2. The number of carbonyl (C=O) groups excluding carboxylic acids is 1. The van der Waals surface area contributed by atoms with Crippen molar-refractivity contribution in [2.24, 2.45) is 22.1 Å². The normalized spacial score (nSPS) is 21.7. The molecule has 1 aliphatic carbocycles. The van der Waals surface area contributed by atoms with Gasteiger partial charge in [0, 0.05) is 26.1 Å². The van der Waals surface area contributed by atoms with E-state index in [0.29, 0.717) is 5.41 Å². The van der Waals surface area contributed by atoms with Gasteiger partial charge in [0.25, 0.3) is 0 Å². The summed E-state index contributed by atoms with van der Waals surface area (Å²) < 4.78 is 0. The molecular weight excluding hydrogens is 326 g/mol. The van der Waals surface area contributed by atoms with Crippen molar-refractivity contribution in [3.63, 3.8) is 0 Å². The number of guanidine groups is 1. The number of rotatable bonds is 9.